The molecule has 27 heavy (non-hydrogen) atoms. The highest BCUT2D eigenvalue weighted by Gasteiger charge is 2.34. The molecule has 0 spiro atoms. The maximum atomic E-state index is 12.8. The zero-order valence-electron chi connectivity index (χ0n) is 15.7. The van der Waals surface area contributed by atoms with Gasteiger partial charge in [-0.15, -0.1) is 0 Å². The Hall–Kier alpha value is -2.41. The van der Waals surface area contributed by atoms with Crippen molar-refractivity contribution in [1.29, 1.82) is 0 Å². The summed E-state index contributed by atoms with van der Waals surface area (Å²) in [4.78, 5) is 18.7. The molecule has 1 aliphatic rings. The molecule has 2 aromatic rings. The van der Waals surface area contributed by atoms with E-state index in [2.05, 4.69) is 41.5 Å². The molecular weight excluding hydrogens is 362 g/mol. The lowest BCUT2D eigenvalue weighted by Gasteiger charge is -2.26. The van der Waals surface area contributed by atoms with E-state index in [1.807, 2.05) is 6.92 Å². The first-order valence-electron chi connectivity index (χ1n) is 9.15. The summed E-state index contributed by atoms with van der Waals surface area (Å²) in [7, 11) is -3.03. The van der Waals surface area contributed by atoms with E-state index in [0.29, 0.717) is 30.9 Å². The Morgan fingerprint density at radius 3 is 2.52 bits per heavy atom. The van der Waals surface area contributed by atoms with Crippen LogP contribution < -0.4 is 5.32 Å². The van der Waals surface area contributed by atoms with Crippen molar-refractivity contribution < 1.29 is 13.2 Å². The first kappa shape index (κ1) is 19.4. The summed E-state index contributed by atoms with van der Waals surface area (Å²) >= 11 is 0. The number of rotatable bonds is 6. The van der Waals surface area contributed by atoms with Crippen LogP contribution in [0.1, 0.15) is 34.8 Å². The summed E-state index contributed by atoms with van der Waals surface area (Å²) < 4.78 is 23.4. The smallest absolute Gasteiger partial charge is 0.255 e. The summed E-state index contributed by atoms with van der Waals surface area (Å²) in [6.07, 6.45) is 2.05. The van der Waals surface area contributed by atoms with Crippen LogP contribution in [-0.2, 0) is 16.4 Å². The van der Waals surface area contributed by atoms with E-state index in [1.54, 1.807) is 23.2 Å². The van der Waals surface area contributed by atoms with Gasteiger partial charge in [-0.1, -0.05) is 29.8 Å². The van der Waals surface area contributed by atoms with Crippen LogP contribution in [0.25, 0.3) is 0 Å². The predicted octanol–water partition coefficient (Wildman–Crippen LogP) is 2.65. The standard InChI is InChI=1S/C20H25N3O3S/c1-3-23(18-10-11-27(25,26)14-18)20(24)17-8-9-19(22-13-17)21-12-16-6-4-15(2)5-7-16/h4-9,13,18H,3,10-12,14H2,1-2H3,(H,21,22). The molecule has 1 aromatic carbocycles. The number of benzene rings is 1. The van der Waals surface area contributed by atoms with Crippen LogP contribution in [0.5, 0.6) is 0 Å². The van der Waals surface area contributed by atoms with Crippen molar-refractivity contribution in [3.8, 4) is 0 Å². The number of hydrogen-bond donors (Lipinski definition) is 1. The first-order chi connectivity index (χ1) is 12.9. The third-order valence-corrected chi connectivity index (χ3v) is 6.61. The monoisotopic (exact) mass is 387 g/mol. The van der Waals surface area contributed by atoms with Gasteiger partial charge in [-0.3, -0.25) is 4.79 Å². The summed E-state index contributed by atoms with van der Waals surface area (Å²) in [6.45, 7) is 5.05. The van der Waals surface area contributed by atoms with Crippen molar-refractivity contribution in [2.24, 2.45) is 0 Å². The van der Waals surface area contributed by atoms with Crippen LogP contribution in [0.2, 0.25) is 0 Å². The molecule has 144 valence electrons. The number of carbonyl (C=O) groups is 1. The van der Waals surface area contributed by atoms with E-state index in [-0.39, 0.29) is 23.5 Å². The molecule has 1 atom stereocenters. The average molecular weight is 388 g/mol. The molecule has 0 aliphatic carbocycles. The largest absolute Gasteiger partial charge is 0.366 e. The average Bonchev–Trinajstić information content (AvgIpc) is 3.02. The number of carbonyl (C=O) groups excluding carboxylic acids is 1. The summed E-state index contributed by atoms with van der Waals surface area (Å²) in [5.74, 6) is 0.730. The van der Waals surface area contributed by atoms with E-state index < -0.39 is 9.84 Å². The van der Waals surface area contributed by atoms with E-state index >= 15 is 0 Å². The quantitative estimate of drug-likeness (QED) is 0.824. The van der Waals surface area contributed by atoms with Gasteiger partial charge in [0.1, 0.15) is 5.82 Å². The fourth-order valence-electron chi connectivity index (χ4n) is 3.28. The van der Waals surface area contributed by atoms with Crippen LogP contribution in [0.4, 0.5) is 5.82 Å². The Labute approximate surface area is 160 Å². The van der Waals surface area contributed by atoms with Crippen molar-refractivity contribution >= 4 is 21.6 Å². The zero-order chi connectivity index (χ0) is 19.4. The molecule has 1 aliphatic heterocycles. The van der Waals surface area contributed by atoms with E-state index in [4.69, 9.17) is 0 Å². The molecule has 7 heteroatoms. The Morgan fingerprint density at radius 1 is 1.22 bits per heavy atom. The summed E-state index contributed by atoms with van der Waals surface area (Å²) in [5, 5.41) is 3.24. The minimum absolute atomic E-state index is 0.0518. The third kappa shape index (κ3) is 4.86. The van der Waals surface area contributed by atoms with Crippen molar-refractivity contribution in [2.45, 2.75) is 32.9 Å². The highest BCUT2D eigenvalue weighted by atomic mass is 32.2. The third-order valence-electron chi connectivity index (χ3n) is 4.86. The number of amides is 1. The molecule has 2 heterocycles. The van der Waals surface area contributed by atoms with Crippen molar-refractivity contribution in [3.05, 3.63) is 59.3 Å². The summed E-state index contributed by atoms with van der Waals surface area (Å²) in [6, 6.07) is 11.5. The lowest BCUT2D eigenvalue weighted by atomic mass is 10.1. The van der Waals surface area contributed by atoms with Crippen LogP contribution in [0.15, 0.2) is 42.6 Å². The van der Waals surface area contributed by atoms with Crippen LogP contribution in [0, 0.1) is 6.92 Å². The molecule has 1 unspecified atom stereocenters. The second-order valence-electron chi connectivity index (χ2n) is 6.92. The normalized spacial score (nSPS) is 18.2. The Bertz CT molecular complexity index is 893. The van der Waals surface area contributed by atoms with Crippen molar-refractivity contribution in [1.82, 2.24) is 9.88 Å². The van der Waals surface area contributed by atoms with Gasteiger partial charge in [-0.05, 0) is 38.0 Å². The van der Waals surface area contributed by atoms with E-state index in [1.165, 1.54) is 5.56 Å². The first-order valence-corrected chi connectivity index (χ1v) is 11.0. The fourth-order valence-corrected chi connectivity index (χ4v) is 5.01. The van der Waals surface area contributed by atoms with Gasteiger partial charge < -0.3 is 10.2 Å². The van der Waals surface area contributed by atoms with E-state index in [9.17, 15) is 13.2 Å². The molecule has 1 saturated heterocycles. The molecule has 1 aromatic heterocycles. The van der Waals surface area contributed by atoms with Gasteiger partial charge in [-0.25, -0.2) is 13.4 Å². The molecule has 3 rings (SSSR count). The van der Waals surface area contributed by atoms with Gasteiger partial charge in [-0.2, -0.15) is 0 Å². The molecule has 0 saturated carbocycles. The maximum absolute atomic E-state index is 12.8. The number of anilines is 1. The second-order valence-corrected chi connectivity index (χ2v) is 9.15. The van der Waals surface area contributed by atoms with Crippen LogP contribution >= 0.6 is 0 Å². The van der Waals surface area contributed by atoms with Crippen molar-refractivity contribution in [2.75, 3.05) is 23.4 Å². The molecule has 1 amide bonds. The van der Waals surface area contributed by atoms with Crippen LogP contribution in [-0.4, -0.2) is 48.3 Å². The molecule has 1 fully saturated rings. The Kier molecular flexibility index (Phi) is 5.79. The van der Waals surface area contributed by atoms with Gasteiger partial charge in [0, 0.05) is 25.3 Å². The fraction of sp³-hybridized carbons (Fsp3) is 0.400. The molecule has 1 N–H and O–H groups in total. The minimum atomic E-state index is -3.03. The van der Waals surface area contributed by atoms with Gasteiger partial charge in [0.2, 0.25) is 0 Å². The number of aromatic nitrogens is 1. The second kappa shape index (κ2) is 8.08. The van der Waals surface area contributed by atoms with Gasteiger partial charge >= 0.3 is 0 Å². The van der Waals surface area contributed by atoms with Gasteiger partial charge in [0.25, 0.3) is 5.91 Å². The predicted molar refractivity (Wildman–Crippen MR) is 107 cm³/mol. The number of aryl methyl sites for hydroxylation is 1. The lowest BCUT2D eigenvalue weighted by Crippen LogP contribution is -2.41. The molecular formula is C20H25N3O3S. The minimum Gasteiger partial charge on any atom is -0.366 e. The highest BCUT2D eigenvalue weighted by Crippen LogP contribution is 2.20. The zero-order valence-corrected chi connectivity index (χ0v) is 16.5. The number of nitrogens with one attached hydrogen (secondary N) is 1. The van der Waals surface area contributed by atoms with Gasteiger partial charge in [0.15, 0.2) is 9.84 Å². The topological polar surface area (TPSA) is 79.4 Å². The van der Waals surface area contributed by atoms with Crippen LogP contribution in [0.3, 0.4) is 0 Å². The molecule has 6 nitrogen and oxygen atoms in total. The maximum Gasteiger partial charge on any atom is 0.255 e. The van der Waals surface area contributed by atoms with Gasteiger partial charge in [0.05, 0.1) is 17.1 Å². The Morgan fingerprint density at radius 2 is 1.96 bits per heavy atom. The van der Waals surface area contributed by atoms with E-state index in [0.717, 1.165) is 5.56 Å². The number of sulfone groups is 1. The lowest BCUT2D eigenvalue weighted by molar-refractivity contribution is 0.0708. The molecule has 0 bridgehead atoms. The van der Waals surface area contributed by atoms with Crippen molar-refractivity contribution in [3.63, 3.8) is 0 Å². The number of hydrogen-bond acceptors (Lipinski definition) is 5. The molecule has 0 radical (unpaired) electrons. The highest BCUT2D eigenvalue weighted by molar-refractivity contribution is 7.91. The summed E-state index contributed by atoms with van der Waals surface area (Å²) in [5.41, 5.74) is 2.85. The Balaban J connectivity index is 1.63. The SMILES string of the molecule is CCN(C(=O)c1ccc(NCc2ccc(C)cc2)nc1)C1CCS(=O)(=O)C1. The number of pyridine rings is 1. The number of nitrogens with zero attached hydrogens (tertiary/aromatic N) is 2.